The Labute approximate surface area is 147 Å². The minimum absolute atomic E-state index is 0.0631. The van der Waals surface area contributed by atoms with E-state index in [1.54, 1.807) is 12.1 Å². The fourth-order valence-corrected chi connectivity index (χ4v) is 2.55. The highest BCUT2D eigenvalue weighted by atomic mass is 35.5. The van der Waals surface area contributed by atoms with Crippen LogP contribution in [0.4, 0.5) is 0 Å². The third-order valence-electron chi connectivity index (χ3n) is 3.51. The van der Waals surface area contributed by atoms with Crippen molar-refractivity contribution in [2.24, 2.45) is 5.92 Å². The van der Waals surface area contributed by atoms with Crippen molar-refractivity contribution in [2.45, 2.75) is 52.6 Å². The molecule has 2 atom stereocenters. The van der Waals surface area contributed by atoms with Crippen LogP contribution in [0.1, 0.15) is 50.9 Å². The zero-order chi connectivity index (χ0) is 17.6. The summed E-state index contributed by atoms with van der Waals surface area (Å²) >= 11 is 11.9. The Kier molecular flexibility index (Phi) is 7.86. The molecule has 2 amide bonds. The molecule has 0 spiro atoms. The predicted octanol–water partition coefficient (Wildman–Crippen LogP) is 4.05. The van der Waals surface area contributed by atoms with E-state index >= 15 is 0 Å². The van der Waals surface area contributed by atoms with E-state index in [1.165, 1.54) is 6.07 Å². The van der Waals surface area contributed by atoms with Crippen LogP contribution >= 0.6 is 23.2 Å². The monoisotopic (exact) mass is 358 g/mol. The van der Waals surface area contributed by atoms with Crippen LogP contribution in [-0.2, 0) is 4.79 Å². The lowest BCUT2D eigenvalue weighted by molar-refractivity contribution is -0.124. The fraction of sp³-hybridized carbons (Fsp3) is 0.529. The van der Waals surface area contributed by atoms with Crippen molar-refractivity contribution in [1.29, 1.82) is 0 Å². The predicted molar refractivity (Wildman–Crippen MR) is 95.1 cm³/mol. The first-order valence-electron chi connectivity index (χ1n) is 7.80. The lowest BCUT2D eigenvalue weighted by atomic mass is 10.0. The van der Waals surface area contributed by atoms with Crippen molar-refractivity contribution in [3.8, 4) is 0 Å². The first kappa shape index (κ1) is 19.8. The summed E-state index contributed by atoms with van der Waals surface area (Å²) in [5, 5.41) is 6.41. The molecule has 6 heteroatoms. The number of carbonyl (C=O) groups excluding carboxylic acids is 2. The van der Waals surface area contributed by atoms with E-state index in [2.05, 4.69) is 10.6 Å². The summed E-state index contributed by atoms with van der Waals surface area (Å²) in [6.45, 7) is 7.94. The molecular formula is C17H24Cl2N2O2. The summed E-state index contributed by atoms with van der Waals surface area (Å²) in [6.07, 6.45) is 1.39. The maximum atomic E-state index is 12.4. The summed E-state index contributed by atoms with van der Waals surface area (Å²) in [6, 6.07) is 4.13. The van der Waals surface area contributed by atoms with E-state index in [-0.39, 0.29) is 28.8 Å². The molecule has 0 fully saturated rings. The highest BCUT2D eigenvalue weighted by molar-refractivity contribution is 6.36. The molecule has 0 unspecified atom stereocenters. The summed E-state index contributed by atoms with van der Waals surface area (Å²) in [5.41, 5.74) is 0.307. The van der Waals surface area contributed by atoms with Crippen LogP contribution in [0.25, 0.3) is 0 Å². The van der Waals surface area contributed by atoms with Crippen molar-refractivity contribution in [3.05, 3.63) is 33.8 Å². The molecule has 4 nitrogen and oxygen atoms in total. The number of halogens is 2. The molecule has 0 bridgehead atoms. The average molecular weight is 359 g/mol. The molecule has 0 heterocycles. The Morgan fingerprint density at radius 3 is 2.30 bits per heavy atom. The van der Waals surface area contributed by atoms with E-state index < -0.39 is 6.04 Å². The molecule has 0 saturated carbocycles. The van der Waals surface area contributed by atoms with Crippen molar-refractivity contribution in [1.82, 2.24) is 10.6 Å². The zero-order valence-corrected chi connectivity index (χ0v) is 15.5. The van der Waals surface area contributed by atoms with Crippen molar-refractivity contribution in [3.63, 3.8) is 0 Å². The van der Waals surface area contributed by atoms with Gasteiger partial charge in [0, 0.05) is 11.1 Å². The summed E-state index contributed by atoms with van der Waals surface area (Å²) in [4.78, 5) is 24.8. The van der Waals surface area contributed by atoms with Gasteiger partial charge in [0.15, 0.2) is 0 Å². The molecule has 0 aliphatic rings. The van der Waals surface area contributed by atoms with Crippen molar-refractivity contribution >= 4 is 35.0 Å². The van der Waals surface area contributed by atoms with Gasteiger partial charge in [0.05, 0.1) is 10.6 Å². The maximum Gasteiger partial charge on any atom is 0.253 e. The molecule has 0 aliphatic carbocycles. The number of carbonyl (C=O) groups is 2. The standard InChI is InChI=1S/C17H24Cl2N2O2/c1-5-11(4)20-17(23)15(8-10(2)3)21-16(22)13-7-6-12(18)9-14(13)19/h6-7,9-11,15H,5,8H2,1-4H3,(H,20,23)(H,21,22)/t11-,15-/m0/s1. The lowest BCUT2D eigenvalue weighted by Gasteiger charge is -2.22. The van der Waals surface area contributed by atoms with Gasteiger partial charge in [-0.3, -0.25) is 9.59 Å². The lowest BCUT2D eigenvalue weighted by Crippen LogP contribution is -2.49. The fourth-order valence-electron chi connectivity index (χ4n) is 2.06. The van der Waals surface area contributed by atoms with Gasteiger partial charge in [-0.1, -0.05) is 44.0 Å². The molecule has 0 aliphatic heterocycles. The van der Waals surface area contributed by atoms with Gasteiger partial charge in [0.1, 0.15) is 6.04 Å². The molecule has 0 radical (unpaired) electrons. The van der Waals surface area contributed by atoms with Gasteiger partial charge < -0.3 is 10.6 Å². The normalized spacial score (nSPS) is 13.5. The van der Waals surface area contributed by atoms with Gasteiger partial charge in [-0.05, 0) is 43.9 Å². The molecule has 0 saturated heterocycles. The van der Waals surface area contributed by atoms with E-state index in [0.717, 1.165) is 6.42 Å². The van der Waals surface area contributed by atoms with Gasteiger partial charge in [0.2, 0.25) is 5.91 Å². The quantitative estimate of drug-likeness (QED) is 0.772. The molecule has 1 aromatic rings. The third-order valence-corrected chi connectivity index (χ3v) is 4.05. The number of nitrogens with one attached hydrogen (secondary N) is 2. The van der Waals surface area contributed by atoms with E-state index in [4.69, 9.17) is 23.2 Å². The number of amides is 2. The summed E-state index contributed by atoms with van der Waals surface area (Å²) in [7, 11) is 0. The van der Waals surface area contributed by atoms with E-state index in [9.17, 15) is 9.59 Å². The van der Waals surface area contributed by atoms with Gasteiger partial charge in [-0.25, -0.2) is 0 Å². The van der Waals surface area contributed by atoms with E-state index in [0.29, 0.717) is 17.0 Å². The van der Waals surface area contributed by atoms with Crippen LogP contribution in [0.2, 0.25) is 10.0 Å². The maximum absolute atomic E-state index is 12.4. The van der Waals surface area contributed by atoms with Crippen LogP contribution in [-0.4, -0.2) is 23.9 Å². The topological polar surface area (TPSA) is 58.2 Å². The van der Waals surface area contributed by atoms with E-state index in [1.807, 2.05) is 27.7 Å². The van der Waals surface area contributed by atoms with Crippen LogP contribution in [0, 0.1) is 5.92 Å². The van der Waals surface area contributed by atoms with Crippen molar-refractivity contribution in [2.75, 3.05) is 0 Å². The molecule has 128 valence electrons. The highest BCUT2D eigenvalue weighted by Crippen LogP contribution is 2.21. The second kappa shape index (κ2) is 9.14. The minimum atomic E-state index is -0.594. The largest absolute Gasteiger partial charge is 0.352 e. The second-order valence-corrected chi connectivity index (χ2v) is 6.94. The van der Waals surface area contributed by atoms with Gasteiger partial charge in [-0.15, -0.1) is 0 Å². The van der Waals surface area contributed by atoms with Gasteiger partial charge in [-0.2, -0.15) is 0 Å². The Balaban J connectivity index is 2.87. The summed E-state index contributed by atoms with van der Waals surface area (Å²) < 4.78 is 0. The van der Waals surface area contributed by atoms with Crippen LogP contribution in [0.5, 0.6) is 0 Å². The molecule has 0 aromatic heterocycles. The minimum Gasteiger partial charge on any atom is -0.352 e. The van der Waals surface area contributed by atoms with Gasteiger partial charge >= 0.3 is 0 Å². The molecular weight excluding hydrogens is 335 g/mol. The average Bonchev–Trinajstić information content (AvgIpc) is 2.45. The number of rotatable bonds is 7. The van der Waals surface area contributed by atoms with Gasteiger partial charge in [0.25, 0.3) is 5.91 Å². The SMILES string of the molecule is CC[C@H](C)NC(=O)[C@H](CC(C)C)NC(=O)c1ccc(Cl)cc1Cl. The highest BCUT2D eigenvalue weighted by Gasteiger charge is 2.24. The molecule has 2 N–H and O–H groups in total. The van der Waals surface area contributed by atoms with Crippen molar-refractivity contribution < 1.29 is 9.59 Å². The summed E-state index contributed by atoms with van der Waals surface area (Å²) in [5.74, 6) is -0.285. The second-order valence-electron chi connectivity index (χ2n) is 6.10. The van der Waals surface area contributed by atoms with Crippen LogP contribution in [0.3, 0.4) is 0 Å². The Bertz CT molecular complexity index is 562. The number of benzene rings is 1. The number of hydrogen-bond acceptors (Lipinski definition) is 2. The molecule has 1 rings (SSSR count). The Hall–Kier alpha value is -1.26. The molecule has 23 heavy (non-hydrogen) atoms. The number of hydrogen-bond donors (Lipinski definition) is 2. The first-order chi connectivity index (χ1) is 10.7. The van der Waals surface area contributed by atoms with Crippen LogP contribution in [0.15, 0.2) is 18.2 Å². The zero-order valence-electron chi connectivity index (χ0n) is 14.0. The smallest absolute Gasteiger partial charge is 0.253 e. The van der Waals surface area contributed by atoms with Crippen LogP contribution < -0.4 is 10.6 Å². The molecule has 1 aromatic carbocycles. The third kappa shape index (κ3) is 6.40. The Morgan fingerprint density at radius 1 is 1.13 bits per heavy atom. The Morgan fingerprint density at radius 2 is 1.78 bits per heavy atom. The first-order valence-corrected chi connectivity index (χ1v) is 8.56.